The molecule has 7 heteroatoms. The Kier molecular flexibility index (Phi) is 7.01. The third kappa shape index (κ3) is 5.70. The molecule has 158 valence electrons. The first-order valence-electron chi connectivity index (χ1n) is 9.37. The molecule has 0 aliphatic heterocycles. The van der Waals surface area contributed by atoms with Gasteiger partial charge >= 0.3 is 0 Å². The van der Waals surface area contributed by atoms with E-state index in [0.29, 0.717) is 22.7 Å². The molecule has 31 heavy (non-hydrogen) atoms. The van der Waals surface area contributed by atoms with Crippen LogP contribution in [0.5, 0.6) is 11.5 Å². The second kappa shape index (κ2) is 10.1. The Balaban J connectivity index is 1.88. The molecule has 0 aromatic heterocycles. The summed E-state index contributed by atoms with van der Waals surface area (Å²) in [6.45, 7) is 0. The van der Waals surface area contributed by atoms with Gasteiger partial charge in [-0.3, -0.25) is 9.59 Å². The van der Waals surface area contributed by atoms with Gasteiger partial charge in [-0.05, 0) is 60.2 Å². The van der Waals surface area contributed by atoms with Crippen molar-refractivity contribution in [1.29, 1.82) is 0 Å². The Bertz CT molecular complexity index is 1090. The third-order valence-corrected chi connectivity index (χ3v) is 4.39. The van der Waals surface area contributed by atoms with Gasteiger partial charge in [-0.1, -0.05) is 24.3 Å². The molecule has 3 aromatic carbocycles. The molecule has 2 N–H and O–H groups in total. The minimum atomic E-state index is -0.734. The number of halogens is 1. The van der Waals surface area contributed by atoms with Crippen LogP contribution in [0.15, 0.2) is 78.5 Å². The number of anilines is 1. The van der Waals surface area contributed by atoms with E-state index < -0.39 is 17.6 Å². The maximum absolute atomic E-state index is 14.0. The van der Waals surface area contributed by atoms with Crippen molar-refractivity contribution in [2.75, 3.05) is 19.5 Å². The van der Waals surface area contributed by atoms with E-state index in [1.54, 1.807) is 68.8 Å². The fourth-order valence-corrected chi connectivity index (χ4v) is 2.73. The lowest BCUT2D eigenvalue weighted by Crippen LogP contribution is -2.31. The standard InChI is InChI=1S/C24H21FN2O4/c1-30-18-11-7-16(8-12-18)15-22(27-23(28)20-5-3-4-6-21(20)25)24(29)26-17-9-13-19(31-2)14-10-17/h3-15H,1-2H3,(H,26,29)(H,27,28). The predicted molar refractivity (Wildman–Crippen MR) is 116 cm³/mol. The van der Waals surface area contributed by atoms with Crippen molar-refractivity contribution in [1.82, 2.24) is 5.32 Å². The molecule has 0 saturated heterocycles. The quantitative estimate of drug-likeness (QED) is 0.560. The van der Waals surface area contributed by atoms with E-state index in [4.69, 9.17) is 9.47 Å². The average Bonchev–Trinajstić information content (AvgIpc) is 2.79. The van der Waals surface area contributed by atoms with Crippen LogP contribution in [-0.2, 0) is 4.79 Å². The van der Waals surface area contributed by atoms with Gasteiger partial charge in [-0.25, -0.2) is 4.39 Å². The van der Waals surface area contributed by atoms with Gasteiger partial charge in [-0.2, -0.15) is 0 Å². The molecule has 0 heterocycles. The molecule has 0 fully saturated rings. The molecule has 0 radical (unpaired) electrons. The number of nitrogens with one attached hydrogen (secondary N) is 2. The van der Waals surface area contributed by atoms with Crippen molar-refractivity contribution in [3.63, 3.8) is 0 Å². The zero-order valence-corrected chi connectivity index (χ0v) is 17.0. The molecule has 0 bridgehead atoms. The summed E-state index contributed by atoms with van der Waals surface area (Å²) in [5.41, 5.74) is 0.940. The van der Waals surface area contributed by atoms with E-state index in [9.17, 15) is 14.0 Å². The summed E-state index contributed by atoms with van der Waals surface area (Å²) in [6, 6.07) is 19.2. The van der Waals surface area contributed by atoms with E-state index in [0.717, 1.165) is 0 Å². The predicted octanol–water partition coefficient (Wildman–Crippen LogP) is 4.25. The summed E-state index contributed by atoms with van der Waals surface area (Å²) in [6.07, 6.45) is 1.50. The van der Waals surface area contributed by atoms with Gasteiger partial charge in [0.25, 0.3) is 11.8 Å². The fourth-order valence-electron chi connectivity index (χ4n) is 2.73. The molecule has 3 aromatic rings. The maximum Gasteiger partial charge on any atom is 0.272 e. The van der Waals surface area contributed by atoms with Crippen LogP contribution in [0.3, 0.4) is 0 Å². The average molecular weight is 420 g/mol. The minimum Gasteiger partial charge on any atom is -0.497 e. The van der Waals surface area contributed by atoms with Crippen LogP contribution >= 0.6 is 0 Å². The molecule has 0 spiro atoms. The summed E-state index contributed by atoms with van der Waals surface area (Å²) in [5.74, 6) is -0.690. The lowest BCUT2D eigenvalue weighted by molar-refractivity contribution is -0.113. The van der Waals surface area contributed by atoms with E-state index >= 15 is 0 Å². The number of amides is 2. The molecule has 3 rings (SSSR count). The molecule has 2 amide bonds. The van der Waals surface area contributed by atoms with Crippen LogP contribution in [0, 0.1) is 5.82 Å². The summed E-state index contributed by atoms with van der Waals surface area (Å²) >= 11 is 0. The molecular weight excluding hydrogens is 399 g/mol. The first-order chi connectivity index (χ1) is 15.0. The highest BCUT2D eigenvalue weighted by atomic mass is 19.1. The zero-order chi connectivity index (χ0) is 22.2. The van der Waals surface area contributed by atoms with Crippen molar-refractivity contribution in [3.8, 4) is 11.5 Å². The van der Waals surface area contributed by atoms with Crippen LogP contribution in [-0.4, -0.2) is 26.0 Å². The number of benzene rings is 3. The molecule has 0 aliphatic carbocycles. The Labute approximate surface area is 179 Å². The summed E-state index contributed by atoms with van der Waals surface area (Å²) in [5, 5.41) is 5.22. The largest absolute Gasteiger partial charge is 0.497 e. The Morgan fingerprint density at radius 3 is 2.00 bits per heavy atom. The minimum absolute atomic E-state index is 0.0470. The maximum atomic E-state index is 14.0. The van der Waals surface area contributed by atoms with Crippen molar-refractivity contribution < 1.29 is 23.5 Å². The number of ether oxygens (including phenoxy) is 2. The molecule has 0 aliphatic rings. The van der Waals surface area contributed by atoms with Gasteiger partial charge in [0.1, 0.15) is 23.0 Å². The molecule has 0 unspecified atom stereocenters. The summed E-state index contributed by atoms with van der Waals surface area (Å²) in [4.78, 5) is 25.5. The van der Waals surface area contributed by atoms with E-state index in [1.807, 2.05) is 0 Å². The van der Waals surface area contributed by atoms with E-state index in [2.05, 4.69) is 10.6 Å². The van der Waals surface area contributed by atoms with Crippen LogP contribution in [0.2, 0.25) is 0 Å². The Morgan fingerprint density at radius 1 is 0.839 bits per heavy atom. The normalized spacial score (nSPS) is 10.9. The number of hydrogen-bond acceptors (Lipinski definition) is 4. The molecule has 0 saturated carbocycles. The molecular formula is C24H21FN2O4. The fraction of sp³-hybridized carbons (Fsp3) is 0.0833. The molecule has 0 atom stereocenters. The number of rotatable bonds is 7. The first kappa shape index (κ1) is 21.6. The van der Waals surface area contributed by atoms with Crippen LogP contribution in [0.1, 0.15) is 15.9 Å². The van der Waals surface area contributed by atoms with Gasteiger partial charge in [0, 0.05) is 5.69 Å². The number of carbonyl (C=O) groups excluding carboxylic acids is 2. The molecule has 6 nitrogen and oxygen atoms in total. The highest BCUT2D eigenvalue weighted by Crippen LogP contribution is 2.18. The van der Waals surface area contributed by atoms with Gasteiger partial charge in [0.05, 0.1) is 19.8 Å². The smallest absolute Gasteiger partial charge is 0.272 e. The van der Waals surface area contributed by atoms with Crippen molar-refractivity contribution in [3.05, 3.63) is 95.4 Å². The van der Waals surface area contributed by atoms with Crippen LogP contribution in [0.25, 0.3) is 6.08 Å². The second-order valence-corrected chi connectivity index (χ2v) is 6.45. The second-order valence-electron chi connectivity index (χ2n) is 6.45. The topological polar surface area (TPSA) is 76.7 Å². The van der Waals surface area contributed by atoms with Crippen LogP contribution in [0.4, 0.5) is 10.1 Å². The van der Waals surface area contributed by atoms with Gasteiger partial charge in [0.15, 0.2) is 0 Å². The number of hydrogen-bond donors (Lipinski definition) is 2. The highest BCUT2D eigenvalue weighted by molar-refractivity contribution is 6.10. The Morgan fingerprint density at radius 2 is 1.42 bits per heavy atom. The van der Waals surface area contributed by atoms with Crippen molar-refractivity contribution >= 4 is 23.6 Å². The highest BCUT2D eigenvalue weighted by Gasteiger charge is 2.17. The SMILES string of the molecule is COc1ccc(C=C(NC(=O)c2ccccc2F)C(=O)Nc2ccc(OC)cc2)cc1. The van der Waals surface area contributed by atoms with Crippen molar-refractivity contribution in [2.24, 2.45) is 0 Å². The Hall–Kier alpha value is -4.13. The summed E-state index contributed by atoms with van der Waals surface area (Å²) in [7, 11) is 3.09. The van der Waals surface area contributed by atoms with Gasteiger partial charge < -0.3 is 20.1 Å². The van der Waals surface area contributed by atoms with E-state index in [-0.39, 0.29) is 11.3 Å². The third-order valence-electron chi connectivity index (χ3n) is 4.39. The zero-order valence-electron chi connectivity index (χ0n) is 17.0. The number of carbonyl (C=O) groups is 2. The lowest BCUT2D eigenvalue weighted by Gasteiger charge is -2.12. The monoisotopic (exact) mass is 420 g/mol. The van der Waals surface area contributed by atoms with Gasteiger partial charge in [-0.15, -0.1) is 0 Å². The first-order valence-corrected chi connectivity index (χ1v) is 9.37. The van der Waals surface area contributed by atoms with Crippen molar-refractivity contribution in [2.45, 2.75) is 0 Å². The lowest BCUT2D eigenvalue weighted by atomic mass is 10.1. The van der Waals surface area contributed by atoms with Gasteiger partial charge in [0.2, 0.25) is 0 Å². The van der Waals surface area contributed by atoms with E-state index in [1.165, 1.54) is 24.3 Å². The van der Waals surface area contributed by atoms with Crippen LogP contribution < -0.4 is 20.1 Å². The summed E-state index contributed by atoms with van der Waals surface area (Å²) < 4.78 is 24.3. The number of methoxy groups -OCH3 is 2.